The van der Waals surface area contributed by atoms with Crippen molar-refractivity contribution in [3.8, 4) is 0 Å². The van der Waals surface area contributed by atoms with Crippen molar-refractivity contribution < 1.29 is 9.53 Å². The van der Waals surface area contributed by atoms with Crippen molar-refractivity contribution in [2.24, 2.45) is 0 Å². The maximum absolute atomic E-state index is 12.5. The number of methoxy groups -OCH3 is 1. The van der Waals surface area contributed by atoms with Gasteiger partial charge in [-0.15, -0.1) is 0 Å². The van der Waals surface area contributed by atoms with Crippen molar-refractivity contribution in [1.29, 1.82) is 0 Å². The van der Waals surface area contributed by atoms with E-state index in [0.29, 0.717) is 24.4 Å². The van der Waals surface area contributed by atoms with E-state index in [2.05, 4.69) is 11.9 Å². The van der Waals surface area contributed by atoms with Crippen molar-refractivity contribution in [2.75, 3.05) is 26.0 Å². The van der Waals surface area contributed by atoms with Gasteiger partial charge in [-0.05, 0) is 26.3 Å². The largest absolute Gasteiger partial charge is 0.398 e. The lowest BCUT2D eigenvalue weighted by Gasteiger charge is -2.28. The summed E-state index contributed by atoms with van der Waals surface area (Å²) in [5, 5.41) is 0. The first-order valence-electron chi connectivity index (χ1n) is 6.53. The smallest absolute Gasteiger partial charge is 0.257 e. The average molecular weight is 265 g/mol. The summed E-state index contributed by atoms with van der Waals surface area (Å²) < 4.78 is 5.06. The van der Waals surface area contributed by atoms with E-state index in [1.807, 2.05) is 13.8 Å². The van der Waals surface area contributed by atoms with Crippen LogP contribution in [0.2, 0.25) is 0 Å². The number of nitrogen functional groups attached to an aromatic ring is 1. The molecule has 1 aromatic rings. The summed E-state index contributed by atoms with van der Waals surface area (Å²) >= 11 is 0. The normalized spacial score (nSPS) is 12.2. The zero-order chi connectivity index (χ0) is 14.4. The fourth-order valence-electron chi connectivity index (χ4n) is 1.85. The Kier molecular flexibility index (Phi) is 5.76. The van der Waals surface area contributed by atoms with Crippen LogP contribution in [0.5, 0.6) is 0 Å². The molecule has 0 radical (unpaired) electrons. The highest BCUT2D eigenvalue weighted by Gasteiger charge is 2.22. The molecule has 5 heteroatoms. The number of rotatable bonds is 6. The number of carbonyl (C=O) groups excluding carboxylic acids is 1. The Morgan fingerprint density at radius 1 is 1.58 bits per heavy atom. The number of aromatic nitrogens is 1. The van der Waals surface area contributed by atoms with Crippen LogP contribution >= 0.6 is 0 Å². The van der Waals surface area contributed by atoms with Gasteiger partial charge in [-0.1, -0.05) is 6.92 Å². The summed E-state index contributed by atoms with van der Waals surface area (Å²) in [5.74, 6) is -0.0867. The molecule has 1 amide bonds. The Labute approximate surface area is 114 Å². The topological polar surface area (TPSA) is 68.5 Å². The number of pyridine rings is 1. The van der Waals surface area contributed by atoms with Gasteiger partial charge in [-0.3, -0.25) is 9.78 Å². The third-order valence-corrected chi connectivity index (χ3v) is 3.22. The van der Waals surface area contributed by atoms with Crippen LogP contribution in [0.25, 0.3) is 0 Å². The molecule has 0 saturated carbocycles. The molecule has 0 saturated heterocycles. The lowest BCUT2D eigenvalue weighted by atomic mass is 10.1. The van der Waals surface area contributed by atoms with Crippen LogP contribution in [0.1, 0.15) is 36.3 Å². The highest BCUT2D eigenvalue weighted by Crippen LogP contribution is 2.16. The number of nitrogens with zero attached hydrogens (tertiary/aromatic N) is 2. The number of hydrogen-bond acceptors (Lipinski definition) is 4. The SMILES string of the molecule is CCC(C)N(CCOC)C(=O)c1cnc(C)cc1N. The molecule has 1 atom stereocenters. The zero-order valence-electron chi connectivity index (χ0n) is 12.1. The van der Waals surface area contributed by atoms with E-state index in [-0.39, 0.29) is 11.9 Å². The van der Waals surface area contributed by atoms with Crippen LogP contribution in [0.3, 0.4) is 0 Å². The van der Waals surface area contributed by atoms with E-state index in [4.69, 9.17) is 10.5 Å². The van der Waals surface area contributed by atoms with E-state index in [9.17, 15) is 4.79 Å². The van der Waals surface area contributed by atoms with Crippen molar-refractivity contribution in [2.45, 2.75) is 33.2 Å². The summed E-state index contributed by atoms with van der Waals surface area (Å²) in [6, 6.07) is 1.86. The van der Waals surface area contributed by atoms with Crippen LogP contribution in [-0.2, 0) is 4.74 Å². The molecule has 106 valence electrons. The molecule has 1 unspecified atom stereocenters. The van der Waals surface area contributed by atoms with Crippen molar-refractivity contribution >= 4 is 11.6 Å². The lowest BCUT2D eigenvalue weighted by molar-refractivity contribution is 0.0614. The molecule has 1 heterocycles. The Morgan fingerprint density at radius 3 is 2.79 bits per heavy atom. The number of carbonyl (C=O) groups is 1. The lowest BCUT2D eigenvalue weighted by Crippen LogP contribution is -2.40. The molecule has 0 aliphatic carbocycles. The van der Waals surface area contributed by atoms with E-state index in [1.165, 1.54) is 0 Å². The molecule has 1 aromatic heterocycles. The fourth-order valence-corrected chi connectivity index (χ4v) is 1.85. The second-order valence-corrected chi connectivity index (χ2v) is 4.66. The third kappa shape index (κ3) is 3.92. The minimum Gasteiger partial charge on any atom is -0.398 e. The molecular weight excluding hydrogens is 242 g/mol. The van der Waals surface area contributed by atoms with Gasteiger partial charge in [0.2, 0.25) is 0 Å². The van der Waals surface area contributed by atoms with Gasteiger partial charge >= 0.3 is 0 Å². The third-order valence-electron chi connectivity index (χ3n) is 3.22. The van der Waals surface area contributed by atoms with Gasteiger partial charge in [-0.2, -0.15) is 0 Å². The summed E-state index contributed by atoms with van der Waals surface area (Å²) in [6.07, 6.45) is 2.43. The molecule has 0 bridgehead atoms. The standard InChI is InChI=1S/C14H23N3O2/c1-5-11(3)17(6-7-19-4)14(18)12-9-16-10(2)8-13(12)15/h8-9,11H,5-7H2,1-4H3,(H2,15,16). The zero-order valence-corrected chi connectivity index (χ0v) is 12.1. The van der Waals surface area contributed by atoms with Crippen LogP contribution in [0.15, 0.2) is 12.3 Å². The first kappa shape index (κ1) is 15.4. The summed E-state index contributed by atoms with van der Waals surface area (Å²) in [4.78, 5) is 18.5. The Balaban J connectivity index is 2.97. The Morgan fingerprint density at radius 2 is 2.26 bits per heavy atom. The predicted molar refractivity (Wildman–Crippen MR) is 76.1 cm³/mol. The Bertz CT molecular complexity index is 435. The maximum atomic E-state index is 12.5. The van der Waals surface area contributed by atoms with Gasteiger partial charge in [0.1, 0.15) is 0 Å². The second-order valence-electron chi connectivity index (χ2n) is 4.66. The number of ether oxygens (including phenoxy) is 1. The second kappa shape index (κ2) is 7.09. The average Bonchev–Trinajstić information content (AvgIpc) is 2.38. The number of hydrogen-bond donors (Lipinski definition) is 1. The van der Waals surface area contributed by atoms with Crippen LogP contribution in [0, 0.1) is 6.92 Å². The summed E-state index contributed by atoms with van der Waals surface area (Å²) in [7, 11) is 1.63. The van der Waals surface area contributed by atoms with Crippen molar-refractivity contribution in [3.05, 3.63) is 23.5 Å². The molecule has 19 heavy (non-hydrogen) atoms. The van der Waals surface area contributed by atoms with Gasteiger partial charge in [0.25, 0.3) is 5.91 Å². The molecule has 2 N–H and O–H groups in total. The van der Waals surface area contributed by atoms with Gasteiger partial charge in [0.05, 0.1) is 12.2 Å². The Hall–Kier alpha value is -1.62. The predicted octanol–water partition coefficient (Wildman–Crippen LogP) is 1.86. The molecule has 0 aromatic carbocycles. The van der Waals surface area contributed by atoms with E-state index < -0.39 is 0 Å². The van der Waals surface area contributed by atoms with Gasteiger partial charge in [0.15, 0.2) is 0 Å². The summed E-state index contributed by atoms with van der Waals surface area (Å²) in [6.45, 7) is 6.98. The van der Waals surface area contributed by atoms with E-state index in [0.717, 1.165) is 12.1 Å². The maximum Gasteiger partial charge on any atom is 0.257 e. The van der Waals surface area contributed by atoms with E-state index in [1.54, 1.807) is 24.3 Å². The number of amides is 1. The molecular formula is C14H23N3O2. The molecule has 0 aliphatic heterocycles. The molecule has 1 rings (SSSR count). The molecule has 0 fully saturated rings. The fraction of sp³-hybridized carbons (Fsp3) is 0.571. The van der Waals surface area contributed by atoms with E-state index >= 15 is 0 Å². The molecule has 5 nitrogen and oxygen atoms in total. The minimum absolute atomic E-state index is 0.0867. The van der Waals surface area contributed by atoms with Crippen LogP contribution in [0.4, 0.5) is 5.69 Å². The molecule has 0 aliphatic rings. The number of nitrogens with two attached hydrogens (primary N) is 1. The van der Waals surface area contributed by atoms with Crippen molar-refractivity contribution in [1.82, 2.24) is 9.88 Å². The first-order valence-corrected chi connectivity index (χ1v) is 6.53. The highest BCUT2D eigenvalue weighted by atomic mass is 16.5. The van der Waals surface area contributed by atoms with Crippen molar-refractivity contribution in [3.63, 3.8) is 0 Å². The molecule has 0 spiro atoms. The quantitative estimate of drug-likeness (QED) is 0.852. The first-order chi connectivity index (χ1) is 9.01. The highest BCUT2D eigenvalue weighted by molar-refractivity contribution is 5.99. The van der Waals surface area contributed by atoms with Gasteiger partial charge < -0.3 is 15.4 Å². The summed E-state index contributed by atoms with van der Waals surface area (Å²) in [5.41, 5.74) is 7.65. The monoisotopic (exact) mass is 265 g/mol. The van der Waals surface area contributed by atoms with Crippen LogP contribution in [-0.4, -0.2) is 42.1 Å². The minimum atomic E-state index is -0.0867. The van der Waals surface area contributed by atoms with Gasteiger partial charge in [-0.25, -0.2) is 0 Å². The number of aryl methyl sites for hydroxylation is 1. The van der Waals surface area contributed by atoms with Gasteiger partial charge in [0, 0.05) is 37.3 Å². The van der Waals surface area contributed by atoms with Crippen LogP contribution < -0.4 is 5.73 Å². The number of anilines is 1.